The van der Waals surface area contributed by atoms with Gasteiger partial charge in [0.1, 0.15) is 11.6 Å². The lowest BCUT2D eigenvalue weighted by atomic mass is 10.0. The highest BCUT2D eigenvalue weighted by Gasteiger charge is 2.10. The normalized spacial score (nSPS) is 12.6. The van der Waals surface area contributed by atoms with Gasteiger partial charge in [-0.1, -0.05) is 6.92 Å². The molecule has 0 bridgehead atoms. The Morgan fingerprint density at radius 1 is 1.54 bits per heavy atom. The Balaban J connectivity index is 3.07. The van der Waals surface area contributed by atoms with Crippen LogP contribution in [0.4, 0.5) is 4.39 Å². The van der Waals surface area contributed by atoms with Gasteiger partial charge < -0.3 is 10.5 Å². The molecule has 0 amide bonds. The molecule has 0 aliphatic rings. The van der Waals surface area contributed by atoms with Gasteiger partial charge in [-0.3, -0.25) is 0 Å². The monoisotopic (exact) mass is 183 g/mol. The number of benzene rings is 1. The molecule has 13 heavy (non-hydrogen) atoms. The van der Waals surface area contributed by atoms with Crippen molar-refractivity contribution in [2.75, 3.05) is 13.7 Å². The molecule has 0 spiro atoms. The molecule has 1 aromatic carbocycles. The Morgan fingerprint density at radius 2 is 2.23 bits per heavy atom. The fourth-order valence-corrected chi connectivity index (χ4v) is 1.22. The maximum absolute atomic E-state index is 12.9. The van der Waals surface area contributed by atoms with E-state index in [9.17, 15) is 4.39 Å². The van der Waals surface area contributed by atoms with Crippen LogP contribution in [0.5, 0.6) is 5.75 Å². The second-order valence-electron chi connectivity index (χ2n) is 3.02. The lowest BCUT2D eigenvalue weighted by molar-refractivity contribution is 0.405. The quantitative estimate of drug-likeness (QED) is 0.776. The summed E-state index contributed by atoms with van der Waals surface area (Å²) < 4.78 is 18.0. The molecule has 72 valence electrons. The van der Waals surface area contributed by atoms with E-state index in [4.69, 9.17) is 10.5 Å². The van der Waals surface area contributed by atoms with E-state index in [2.05, 4.69) is 0 Å². The zero-order chi connectivity index (χ0) is 9.84. The molecule has 0 aromatic heterocycles. The first-order valence-corrected chi connectivity index (χ1v) is 4.22. The van der Waals surface area contributed by atoms with E-state index in [1.54, 1.807) is 13.2 Å². The van der Waals surface area contributed by atoms with Gasteiger partial charge in [0.25, 0.3) is 0 Å². The highest BCUT2D eigenvalue weighted by molar-refractivity contribution is 5.36. The minimum atomic E-state index is -0.254. The van der Waals surface area contributed by atoms with Gasteiger partial charge in [-0.25, -0.2) is 4.39 Å². The molecule has 2 nitrogen and oxygen atoms in total. The predicted molar refractivity (Wildman–Crippen MR) is 50.4 cm³/mol. The van der Waals surface area contributed by atoms with Crippen molar-refractivity contribution in [1.82, 2.24) is 0 Å². The lowest BCUT2D eigenvalue weighted by Gasteiger charge is -2.13. The smallest absolute Gasteiger partial charge is 0.123 e. The van der Waals surface area contributed by atoms with Gasteiger partial charge in [-0.2, -0.15) is 0 Å². The summed E-state index contributed by atoms with van der Waals surface area (Å²) in [4.78, 5) is 0. The van der Waals surface area contributed by atoms with E-state index in [1.165, 1.54) is 12.1 Å². The first kappa shape index (κ1) is 9.99. The number of hydrogen-bond donors (Lipinski definition) is 1. The van der Waals surface area contributed by atoms with Gasteiger partial charge in [0.05, 0.1) is 7.11 Å². The molecule has 0 fully saturated rings. The summed E-state index contributed by atoms with van der Waals surface area (Å²) in [5.74, 6) is 0.557. The largest absolute Gasteiger partial charge is 0.496 e. The zero-order valence-electron chi connectivity index (χ0n) is 7.88. The van der Waals surface area contributed by atoms with E-state index in [-0.39, 0.29) is 11.7 Å². The topological polar surface area (TPSA) is 35.2 Å². The van der Waals surface area contributed by atoms with Crippen LogP contribution in [-0.4, -0.2) is 13.7 Å². The Bertz CT molecular complexity index is 288. The van der Waals surface area contributed by atoms with Crippen molar-refractivity contribution >= 4 is 0 Å². The number of nitrogens with two attached hydrogens (primary N) is 1. The second-order valence-corrected chi connectivity index (χ2v) is 3.02. The van der Waals surface area contributed by atoms with E-state index >= 15 is 0 Å². The van der Waals surface area contributed by atoms with Crippen LogP contribution in [0.25, 0.3) is 0 Å². The van der Waals surface area contributed by atoms with Gasteiger partial charge >= 0.3 is 0 Å². The van der Waals surface area contributed by atoms with Gasteiger partial charge in [-0.15, -0.1) is 0 Å². The molecule has 0 heterocycles. The van der Waals surface area contributed by atoms with Crippen LogP contribution in [-0.2, 0) is 0 Å². The van der Waals surface area contributed by atoms with Crippen LogP contribution in [0.15, 0.2) is 18.2 Å². The second kappa shape index (κ2) is 4.23. The Labute approximate surface area is 77.5 Å². The number of halogens is 1. The van der Waals surface area contributed by atoms with Crippen molar-refractivity contribution < 1.29 is 9.13 Å². The molecule has 0 saturated heterocycles. The van der Waals surface area contributed by atoms with E-state index in [0.717, 1.165) is 5.56 Å². The first-order chi connectivity index (χ1) is 6.19. The summed E-state index contributed by atoms with van der Waals surface area (Å²) in [6.07, 6.45) is 0. The van der Waals surface area contributed by atoms with Crippen LogP contribution in [0.2, 0.25) is 0 Å². The van der Waals surface area contributed by atoms with Crippen LogP contribution in [0.3, 0.4) is 0 Å². The molecule has 0 aliphatic heterocycles. The zero-order valence-corrected chi connectivity index (χ0v) is 7.88. The van der Waals surface area contributed by atoms with Crippen LogP contribution in [0, 0.1) is 5.82 Å². The Hall–Kier alpha value is -1.09. The third-order valence-corrected chi connectivity index (χ3v) is 2.08. The molecule has 1 rings (SSSR count). The summed E-state index contributed by atoms with van der Waals surface area (Å²) in [6, 6.07) is 4.47. The lowest BCUT2D eigenvalue weighted by Crippen LogP contribution is -2.10. The summed E-state index contributed by atoms with van der Waals surface area (Å²) in [5.41, 5.74) is 6.32. The number of ether oxygens (including phenoxy) is 1. The predicted octanol–water partition coefficient (Wildman–Crippen LogP) is 1.90. The van der Waals surface area contributed by atoms with Gasteiger partial charge in [0.2, 0.25) is 0 Å². The van der Waals surface area contributed by atoms with Crippen LogP contribution < -0.4 is 10.5 Å². The van der Waals surface area contributed by atoms with Crippen LogP contribution >= 0.6 is 0 Å². The van der Waals surface area contributed by atoms with Gasteiger partial charge in [-0.05, 0) is 30.7 Å². The minimum Gasteiger partial charge on any atom is -0.496 e. The molecular weight excluding hydrogens is 169 g/mol. The molecule has 3 heteroatoms. The van der Waals surface area contributed by atoms with Crippen molar-refractivity contribution in [3.8, 4) is 5.75 Å². The maximum Gasteiger partial charge on any atom is 0.123 e. The van der Waals surface area contributed by atoms with E-state index < -0.39 is 0 Å². The third kappa shape index (κ3) is 2.18. The van der Waals surface area contributed by atoms with Crippen molar-refractivity contribution in [1.29, 1.82) is 0 Å². The summed E-state index contributed by atoms with van der Waals surface area (Å²) in [5, 5.41) is 0. The molecule has 0 saturated carbocycles. The fourth-order valence-electron chi connectivity index (χ4n) is 1.22. The van der Waals surface area contributed by atoms with Crippen molar-refractivity contribution in [3.05, 3.63) is 29.6 Å². The van der Waals surface area contributed by atoms with Crippen molar-refractivity contribution in [3.63, 3.8) is 0 Å². The number of methoxy groups -OCH3 is 1. The molecule has 0 radical (unpaired) electrons. The SMILES string of the molecule is COc1ccc(F)cc1[C@H](C)CN. The Kier molecular flexibility index (Phi) is 3.25. The van der Waals surface area contributed by atoms with E-state index in [1.807, 2.05) is 6.92 Å². The van der Waals surface area contributed by atoms with Gasteiger partial charge in [0.15, 0.2) is 0 Å². The number of rotatable bonds is 3. The standard InChI is InChI=1S/C10H14FNO/c1-7(6-12)9-5-8(11)3-4-10(9)13-2/h3-5,7H,6,12H2,1-2H3/t7-/m1/s1. The molecule has 0 unspecified atom stereocenters. The fraction of sp³-hybridized carbons (Fsp3) is 0.400. The van der Waals surface area contributed by atoms with Gasteiger partial charge in [0, 0.05) is 5.56 Å². The average Bonchev–Trinajstić information content (AvgIpc) is 2.16. The minimum absolute atomic E-state index is 0.116. The van der Waals surface area contributed by atoms with E-state index in [0.29, 0.717) is 12.3 Å². The summed E-state index contributed by atoms with van der Waals surface area (Å²) in [7, 11) is 1.57. The average molecular weight is 183 g/mol. The third-order valence-electron chi connectivity index (χ3n) is 2.08. The highest BCUT2D eigenvalue weighted by Crippen LogP contribution is 2.26. The molecule has 1 aromatic rings. The van der Waals surface area contributed by atoms with Crippen molar-refractivity contribution in [2.45, 2.75) is 12.8 Å². The Morgan fingerprint density at radius 3 is 2.77 bits per heavy atom. The summed E-state index contributed by atoms with van der Waals surface area (Å²) >= 11 is 0. The molecular formula is C10H14FNO. The first-order valence-electron chi connectivity index (χ1n) is 4.22. The summed E-state index contributed by atoms with van der Waals surface area (Å²) in [6.45, 7) is 2.43. The van der Waals surface area contributed by atoms with Crippen LogP contribution in [0.1, 0.15) is 18.4 Å². The molecule has 2 N–H and O–H groups in total. The van der Waals surface area contributed by atoms with Crippen molar-refractivity contribution in [2.24, 2.45) is 5.73 Å². The highest BCUT2D eigenvalue weighted by atomic mass is 19.1. The number of hydrogen-bond acceptors (Lipinski definition) is 2. The molecule has 0 aliphatic carbocycles. The molecule has 1 atom stereocenters. The maximum atomic E-state index is 12.9.